The van der Waals surface area contributed by atoms with Gasteiger partial charge in [-0.3, -0.25) is 9.59 Å². The lowest BCUT2D eigenvalue weighted by atomic mass is 10.0. The number of allylic oxidation sites excluding steroid dienone is 1. The summed E-state index contributed by atoms with van der Waals surface area (Å²) in [5, 5.41) is 5.35. The molecule has 1 fully saturated rings. The maximum Gasteiger partial charge on any atom is 0.329 e. The first-order valence-electron chi connectivity index (χ1n) is 11.7. The Balaban J connectivity index is 1.82. The van der Waals surface area contributed by atoms with Crippen molar-refractivity contribution < 1.29 is 23.9 Å². The van der Waals surface area contributed by atoms with Crippen LogP contribution in [0.5, 0.6) is 11.5 Å². The van der Waals surface area contributed by atoms with Crippen LogP contribution < -0.4 is 20.1 Å². The monoisotopic (exact) mass is 477 g/mol. The van der Waals surface area contributed by atoms with Gasteiger partial charge in [0.1, 0.15) is 12.2 Å². The second kappa shape index (κ2) is 11.9. The molecule has 0 radical (unpaired) electrons. The third kappa shape index (κ3) is 6.09. The second-order valence-electron chi connectivity index (χ2n) is 7.80. The van der Waals surface area contributed by atoms with E-state index in [0.29, 0.717) is 42.4 Å². The Morgan fingerprint density at radius 3 is 2.51 bits per heavy atom. The van der Waals surface area contributed by atoms with Crippen LogP contribution in [0.4, 0.5) is 10.5 Å². The van der Waals surface area contributed by atoms with Crippen molar-refractivity contribution in [2.45, 2.75) is 33.6 Å². The van der Waals surface area contributed by atoms with E-state index in [-0.39, 0.29) is 5.70 Å². The SMILES string of the molecule is C=CCc1cc(/C=C2/NC(=O)N(CC(=O)Nc3ccccc3CC)C2=O)cc(OCC)c1OCC. The van der Waals surface area contributed by atoms with E-state index in [1.165, 1.54) is 0 Å². The zero-order valence-electron chi connectivity index (χ0n) is 20.3. The van der Waals surface area contributed by atoms with E-state index in [4.69, 9.17) is 9.47 Å². The van der Waals surface area contributed by atoms with Gasteiger partial charge in [-0.15, -0.1) is 6.58 Å². The summed E-state index contributed by atoms with van der Waals surface area (Å²) in [5.74, 6) is 0.140. The van der Waals surface area contributed by atoms with Gasteiger partial charge < -0.3 is 20.1 Å². The standard InChI is InChI=1S/C27H31N3O5/c1-5-11-20-14-18(16-23(34-7-3)25(20)35-8-4)15-22-26(32)30(27(33)29-22)17-24(31)28-21-13-10-9-12-19(21)6-2/h5,9-10,12-16H,1,6-8,11,17H2,2-4H3,(H,28,31)(H,29,33)/b22-15+. The average Bonchev–Trinajstić information content (AvgIpc) is 3.09. The lowest BCUT2D eigenvalue weighted by molar-refractivity contribution is -0.127. The topological polar surface area (TPSA) is 97.0 Å². The fraction of sp³-hybridized carbons (Fsp3) is 0.296. The number of anilines is 1. The predicted octanol–water partition coefficient (Wildman–Crippen LogP) is 4.31. The number of carbonyl (C=O) groups excluding carboxylic acids is 3. The van der Waals surface area contributed by atoms with Gasteiger partial charge in [-0.2, -0.15) is 0 Å². The zero-order chi connectivity index (χ0) is 25.4. The molecule has 2 N–H and O–H groups in total. The number of nitrogens with one attached hydrogen (secondary N) is 2. The van der Waals surface area contributed by atoms with Gasteiger partial charge in [0.15, 0.2) is 11.5 Å². The molecule has 0 aromatic heterocycles. The smallest absolute Gasteiger partial charge is 0.329 e. The summed E-state index contributed by atoms with van der Waals surface area (Å²) in [6.45, 7) is 10.1. The van der Waals surface area contributed by atoms with Crippen molar-refractivity contribution in [3.05, 3.63) is 71.4 Å². The maximum absolute atomic E-state index is 12.9. The largest absolute Gasteiger partial charge is 0.490 e. The number of aryl methyl sites for hydroxylation is 1. The second-order valence-corrected chi connectivity index (χ2v) is 7.80. The van der Waals surface area contributed by atoms with E-state index in [0.717, 1.165) is 22.4 Å². The number of hydrogen-bond donors (Lipinski definition) is 2. The summed E-state index contributed by atoms with van der Waals surface area (Å²) >= 11 is 0. The molecule has 0 bridgehead atoms. The Labute approximate surface area is 205 Å². The molecular formula is C27H31N3O5. The highest BCUT2D eigenvalue weighted by Crippen LogP contribution is 2.35. The summed E-state index contributed by atoms with van der Waals surface area (Å²) in [5.41, 5.74) is 3.21. The van der Waals surface area contributed by atoms with Gasteiger partial charge in [0, 0.05) is 11.3 Å². The van der Waals surface area contributed by atoms with E-state index in [2.05, 4.69) is 17.2 Å². The molecule has 2 aromatic rings. The molecule has 3 rings (SSSR count). The number of imide groups is 1. The van der Waals surface area contributed by atoms with Crippen molar-refractivity contribution >= 4 is 29.6 Å². The molecule has 0 atom stereocenters. The Kier molecular flexibility index (Phi) is 8.67. The van der Waals surface area contributed by atoms with Crippen LogP contribution in [0, 0.1) is 0 Å². The fourth-order valence-corrected chi connectivity index (χ4v) is 3.81. The average molecular weight is 478 g/mol. The molecule has 0 saturated carbocycles. The number of para-hydroxylation sites is 1. The highest BCUT2D eigenvalue weighted by Gasteiger charge is 2.35. The number of nitrogens with zero attached hydrogens (tertiary/aromatic N) is 1. The van der Waals surface area contributed by atoms with Crippen molar-refractivity contribution in [3.63, 3.8) is 0 Å². The van der Waals surface area contributed by atoms with Crippen molar-refractivity contribution in [1.82, 2.24) is 10.2 Å². The highest BCUT2D eigenvalue weighted by atomic mass is 16.5. The van der Waals surface area contributed by atoms with Crippen LogP contribution in [-0.4, -0.2) is 42.5 Å². The molecule has 8 heteroatoms. The zero-order valence-corrected chi connectivity index (χ0v) is 20.3. The summed E-state index contributed by atoms with van der Waals surface area (Å²) in [4.78, 5) is 38.9. The van der Waals surface area contributed by atoms with E-state index in [1.54, 1.807) is 24.3 Å². The molecule has 8 nitrogen and oxygen atoms in total. The predicted molar refractivity (Wildman–Crippen MR) is 135 cm³/mol. The van der Waals surface area contributed by atoms with E-state index in [9.17, 15) is 14.4 Å². The lowest BCUT2D eigenvalue weighted by Crippen LogP contribution is -2.38. The first-order valence-corrected chi connectivity index (χ1v) is 11.7. The van der Waals surface area contributed by atoms with Crippen LogP contribution in [0.2, 0.25) is 0 Å². The first-order chi connectivity index (χ1) is 16.9. The molecule has 35 heavy (non-hydrogen) atoms. The Hall–Kier alpha value is -4.07. The van der Waals surface area contributed by atoms with E-state index < -0.39 is 24.4 Å². The van der Waals surface area contributed by atoms with Crippen LogP contribution in [0.15, 0.2) is 54.8 Å². The number of urea groups is 1. The molecule has 4 amide bonds. The van der Waals surface area contributed by atoms with Gasteiger partial charge in [-0.1, -0.05) is 31.2 Å². The van der Waals surface area contributed by atoms with Crippen molar-refractivity contribution in [2.75, 3.05) is 25.1 Å². The van der Waals surface area contributed by atoms with Crippen molar-refractivity contribution in [2.24, 2.45) is 0 Å². The Bertz CT molecular complexity index is 1160. The van der Waals surface area contributed by atoms with Crippen LogP contribution in [0.3, 0.4) is 0 Å². The van der Waals surface area contributed by atoms with Crippen LogP contribution in [0.25, 0.3) is 6.08 Å². The van der Waals surface area contributed by atoms with Gasteiger partial charge in [0.25, 0.3) is 5.91 Å². The number of ether oxygens (including phenoxy) is 2. The third-order valence-corrected chi connectivity index (χ3v) is 5.35. The van der Waals surface area contributed by atoms with Gasteiger partial charge >= 0.3 is 6.03 Å². The summed E-state index contributed by atoms with van der Waals surface area (Å²) < 4.78 is 11.5. The van der Waals surface area contributed by atoms with Crippen molar-refractivity contribution in [1.29, 1.82) is 0 Å². The molecule has 1 saturated heterocycles. The number of benzene rings is 2. The van der Waals surface area contributed by atoms with Crippen LogP contribution in [-0.2, 0) is 22.4 Å². The Morgan fingerprint density at radius 1 is 1.09 bits per heavy atom. The van der Waals surface area contributed by atoms with Gasteiger partial charge in [0.05, 0.1) is 13.2 Å². The van der Waals surface area contributed by atoms with Gasteiger partial charge in [0.2, 0.25) is 5.91 Å². The third-order valence-electron chi connectivity index (χ3n) is 5.35. The quantitative estimate of drug-likeness (QED) is 0.286. The molecular weight excluding hydrogens is 446 g/mol. The van der Waals surface area contributed by atoms with Crippen molar-refractivity contribution in [3.8, 4) is 11.5 Å². The Morgan fingerprint density at radius 2 is 1.83 bits per heavy atom. The summed E-state index contributed by atoms with van der Waals surface area (Å²) in [7, 11) is 0. The molecule has 1 aliphatic rings. The van der Waals surface area contributed by atoms with Crippen LogP contribution in [0.1, 0.15) is 37.5 Å². The minimum atomic E-state index is -0.651. The van der Waals surface area contributed by atoms with Gasteiger partial charge in [-0.25, -0.2) is 9.69 Å². The molecule has 184 valence electrons. The van der Waals surface area contributed by atoms with E-state index in [1.807, 2.05) is 45.0 Å². The number of rotatable bonds is 11. The van der Waals surface area contributed by atoms with Gasteiger partial charge in [-0.05, 0) is 62.1 Å². The lowest BCUT2D eigenvalue weighted by Gasteiger charge is -2.16. The number of carbonyl (C=O) groups is 3. The molecule has 0 spiro atoms. The number of amides is 4. The normalized spacial score (nSPS) is 14.1. The maximum atomic E-state index is 12.9. The molecule has 0 aliphatic carbocycles. The van der Waals surface area contributed by atoms with Crippen LogP contribution >= 0.6 is 0 Å². The molecule has 1 aliphatic heterocycles. The summed E-state index contributed by atoms with van der Waals surface area (Å²) in [6, 6.07) is 10.4. The highest BCUT2D eigenvalue weighted by molar-refractivity contribution is 6.16. The first kappa shape index (κ1) is 25.6. The summed E-state index contributed by atoms with van der Waals surface area (Å²) in [6.07, 6.45) is 4.60. The fourth-order valence-electron chi connectivity index (χ4n) is 3.81. The number of hydrogen-bond acceptors (Lipinski definition) is 5. The molecule has 1 heterocycles. The molecule has 0 unspecified atom stereocenters. The minimum Gasteiger partial charge on any atom is -0.490 e. The van der Waals surface area contributed by atoms with E-state index >= 15 is 0 Å². The molecule has 2 aromatic carbocycles. The minimum absolute atomic E-state index is 0.0768.